The molecule has 0 saturated carbocycles. The molecule has 3 N–H and O–H groups in total. The van der Waals surface area contributed by atoms with Crippen LogP contribution in [0.5, 0.6) is 0 Å². The minimum atomic E-state index is -4.20. The summed E-state index contributed by atoms with van der Waals surface area (Å²) in [6.07, 6.45) is -5.06. The summed E-state index contributed by atoms with van der Waals surface area (Å²) in [6, 6.07) is 8.93. The number of alkyl halides is 3. The van der Waals surface area contributed by atoms with E-state index in [1.54, 1.807) is 34.1 Å². The molecule has 39 heavy (non-hydrogen) atoms. The van der Waals surface area contributed by atoms with Gasteiger partial charge >= 0.3 is 12.2 Å². The molecule has 0 aromatic heterocycles. The highest BCUT2D eigenvalue weighted by molar-refractivity contribution is 6.31. The van der Waals surface area contributed by atoms with Crippen molar-refractivity contribution in [1.82, 2.24) is 14.7 Å². The van der Waals surface area contributed by atoms with E-state index in [4.69, 9.17) is 17.3 Å². The number of nitrogens with two attached hydrogens (primary N) is 1. The van der Waals surface area contributed by atoms with Crippen LogP contribution >= 0.6 is 11.6 Å². The Morgan fingerprint density at radius 2 is 1.59 bits per heavy atom. The van der Waals surface area contributed by atoms with Crippen LogP contribution in [0.2, 0.25) is 5.02 Å². The van der Waals surface area contributed by atoms with E-state index in [9.17, 15) is 27.2 Å². The van der Waals surface area contributed by atoms with Gasteiger partial charge in [0.05, 0.1) is 23.4 Å². The molecule has 2 aromatic carbocycles. The molecule has 2 aromatic rings. The number of nitrogens with zero attached hydrogens (tertiary/aromatic N) is 4. The highest BCUT2D eigenvalue weighted by atomic mass is 35.5. The van der Waals surface area contributed by atoms with Crippen LogP contribution in [-0.4, -0.2) is 91.7 Å². The van der Waals surface area contributed by atoms with E-state index < -0.39 is 30.4 Å². The molecule has 4 rings (SSSR count). The Bertz CT molecular complexity index is 1180. The summed E-state index contributed by atoms with van der Waals surface area (Å²) in [7, 11) is 0. The van der Waals surface area contributed by atoms with Gasteiger partial charge in [-0.25, -0.2) is 9.18 Å². The molecule has 0 aliphatic carbocycles. The number of hydrogen-bond acceptors (Lipinski definition) is 5. The van der Waals surface area contributed by atoms with Crippen molar-refractivity contribution in [2.24, 2.45) is 5.73 Å². The average Bonchev–Trinajstić information content (AvgIpc) is 2.89. The first-order valence-corrected chi connectivity index (χ1v) is 13.1. The van der Waals surface area contributed by atoms with Gasteiger partial charge in [-0.3, -0.25) is 14.6 Å². The summed E-state index contributed by atoms with van der Waals surface area (Å²) in [4.78, 5) is 31.6. The molecular formula is C26H31ClF4N6O2. The maximum Gasteiger partial charge on any atom is 0.390 e. The lowest BCUT2D eigenvalue weighted by Crippen LogP contribution is -2.50. The zero-order chi connectivity index (χ0) is 28.2. The van der Waals surface area contributed by atoms with Gasteiger partial charge in [-0.2, -0.15) is 13.2 Å². The molecule has 0 atom stereocenters. The van der Waals surface area contributed by atoms with Crippen molar-refractivity contribution < 1.29 is 27.2 Å². The Labute approximate surface area is 229 Å². The van der Waals surface area contributed by atoms with Crippen LogP contribution in [0.1, 0.15) is 22.3 Å². The molecular weight excluding hydrogens is 540 g/mol. The summed E-state index contributed by atoms with van der Waals surface area (Å²) in [6.45, 7) is 4.43. The van der Waals surface area contributed by atoms with Crippen molar-refractivity contribution in [3.8, 4) is 0 Å². The van der Waals surface area contributed by atoms with Crippen LogP contribution in [0.4, 0.5) is 33.7 Å². The normalized spacial score (nSPS) is 17.4. The standard InChI is InChI=1S/C26H31ClF4N6O2/c27-19-2-4-22(23(16-19)36-11-7-34(8-12-36)6-5-26(29,30)31)33-24(38)20-3-1-18(15-21(20)28)17-35-9-13-37(14-10-35)25(32)39/h1-4,15-16H,5-14,17H2,(H2,32,39)(H,33,38). The second kappa shape index (κ2) is 12.4. The fourth-order valence-electron chi connectivity index (χ4n) is 4.78. The summed E-state index contributed by atoms with van der Waals surface area (Å²) in [5.41, 5.74) is 6.95. The first-order valence-electron chi connectivity index (χ1n) is 12.7. The number of halogens is 5. The number of urea groups is 1. The lowest BCUT2D eigenvalue weighted by molar-refractivity contribution is -0.138. The molecule has 0 unspecified atom stereocenters. The predicted molar refractivity (Wildman–Crippen MR) is 142 cm³/mol. The Morgan fingerprint density at radius 3 is 2.21 bits per heavy atom. The van der Waals surface area contributed by atoms with E-state index in [-0.39, 0.29) is 12.1 Å². The number of anilines is 2. The maximum absolute atomic E-state index is 15.0. The van der Waals surface area contributed by atoms with Crippen molar-refractivity contribution >= 4 is 34.9 Å². The topological polar surface area (TPSA) is 85.2 Å². The summed E-state index contributed by atoms with van der Waals surface area (Å²) in [5.74, 6) is -1.28. The van der Waals surface area contributed by atoms with Crippen LogP contribution < -0.4 is 16.0 Å². The zero-order valence-corrected chi connectivity index (χ0v) is 22.1. The number of carbonyl (C=O) groups excluding carboxylic acids is 2. The summed E-state index contributed by atoms with van der Waals surface area (Å²) >= 11 is 6.20. The summed E-state index contributed by atoms with van der Waals surface area (Å²) in [5, 5.41) is 3.20. The first-order chi connectivity index (χ1) is 18.5. The molecule has 0 radical (unpaired) electrons. The number of primary amides is 1. The lowest BCUT2D eigenvalue weighted by Gasteiger charge is -2.37. The van der Waals surface area contributed by atoms with Gasteiger partial charge in [-0.15, -0.1) is 0 Å². The molecule has 2 fully saturated rings. The van der Waals surface area contributed by atoms with Crippen LogP contribution in [0.15, 0.2) is 36.4 Å². The molecule has 8 nitrogen and oxygen atoms in total. The number of carbonyl (C=O) groups is 2. The molecule has 2 saturated heterocycles. The highest BCUT2D eigenvalue weighted by Crippen LogP contribution is 2.31. The van der Waals surface area contributed by atoms with Crippen LogP contribution in [-0.2, 0) is 6.54 Å². The third-order valence-corrected chi connectivity index (χ3v) is 7.24. The third-order valence-electron chi connectivity index (χ3n) is 7.00. The van der Waals surface area contributed by atoms with Crippen molar-refractivity contribution in [1.29, 1.82) is 0 Å². The number of rotatable bonds is 7. The van der Waals surface area contributed by atoms with E-state index in [2.05, 4.69) is 10.2 Å². The van der Waals surface area contributed by atoms with Crippen LogP contribution in [0, 0.1) is 5.82 Å². The molecule has 3 amide bonds. The zero-order valence-electron chi connectivity index (χ0n) is 21.3. The van der Waals surface area contributed by atoms with Crippen molar-refractivity contribution in [2.75, 3.05) is 69.1 Å². The molecule has 13 heteroatoms. The Morgan fingerprint density at radius 1 is 0.923 bits per heavy atom. The minimum Gasteiger partial charge on any atom is -0.367 e. The minimum absolute atomic E-state index is 0.0602. The monoisotopic (exact) mass is 570 g/mol. The van der Waals surface area contributed by atoms with Crippen molar-refractivity contribution in [3.05, 3.63) is 58.4 Å². The van der Waals surface area contributed by atoms with Gasteiger partial charge < -0.3 is 20.9 Å². The largest absolute Gasteiger partial charge is 0.390 e. The SMILES string of the molecule is NC(=O)N1CCN(Cc2ccc(C(=O)Nc3ccc(Cl)cc3N3CCN(CCC(F)(F)F)CC3)c(F)c2)CC1. The van der Waals surface area contributed by atoms with Gasteiger partial charge in [0, 0.05) is 70.5 Å². The maximum atomic E-state index is 15.0. The lowest BCUT2D eigenvalue weighted by atomic mass is 10.1. The Balaban J connectivity index is 1.38. The number of nitrogens with one attached hydrogen (secondary N) is 1. The molecule has 212 valence electrons. The first kappa shape index (κ1) is 28.9. The predicted octanol–water partition coefficient (Wildman–Crippen LogP) is 4.00. The fourth-order valence-corrected chi connectivity index (χ4v) is 4.95. The molecule has 0 bridgehead atoms. The highest BCUT2D eigenvalue weighted by Gasteiger charge is 2.29. The van der Waals surface area contributed by atoms with Crippen LogP contribution in [0.3, 0.4) is 0 Å². The third kappa shape index (κ3) is 7.96. The number of amides is 3. The number of benzene rings is 2. The van der Waals surface area contributed by atoms with E-state index in [1.165, 1.54) is 12.1 Å². The molecule has 2 aliphatic heterocycles. The second-order valence-corrected chi connectivity index (χ2v) is 10.2. The van der Waals surface area contributed by atoms with Crippen molar-refractivity contribution in [3.63, 3.8) is 0 Å². The number of hydrogen-bond donors (Lipinski definition) is 2. The fraction of sp³-hybridized carbons (Fsp3) is 0.462. The van der Waals surface area contributed by atoms with Gasteiger partial charge in [-0.05, 0) is 35.9 Å². The number of piperazine rings is 2. The Kier molecular flexibility index (Phi) is 9.19. The smallest absolute Gasteiger partial charge is 0.367 e. The van der Waals surface area contributed by atoms with Gasteiger partial charge in [-0.1, -0.05) is 17.7 Å². The second-order valence-electron chi connectivity index (χ2n) is 9.73. The molecule has 2 aliphatic rings. The average molecular weight is 571 g/mol. The van der Waals surface area contributed by atoms with Crippen molar-refractivity contribution in [2.45, 2.75) is 19.1 Å². The van der Waals surface area contributed by atoms with E-state index >= 15 is 0 Å². The van der Waals surface area contributed by atoms with Gasteiger partial charge in [0.25, 0.3) is 5.91 Å². The van der Waals surface area contributed by atoms with Gasteiger partial charge in [0.1, 0.15) is 5.82 Å². The molecule has 2 heterocycles. The van der Waals surface area contributed by atoms with Gasteiger partial charge in [0.15, 0.2) is 0 Å². The van der Waals surface area contributed by atoms with E-state index in [0.29, 0.717) is 80.9 Å². The van der Waals surface area contributed by atoms with Gasteiger partial charge in [0.2, 0.25) is 0 Å². The van der Waals surface area contributed by atoms with E-state index in [1.807, 2.05) is 4.90 Å². The quantitative estimate of drug-likeness (QED) is 0.492. The molecule has 0 spiro atoms. The van der Waals surface area contributed by atoms with Crippen LogP contribution in [0.25, 0.3) is 0 Å². The van der Waals surface area contributed by atoms with E-state index in [0.717, 1.165) is 0 Å². The Hall–Kier alpha value is -3.09. The summed E-state index contributed by atoms with van der Waals surface area (Å²) < 4.78 is 52.7.